The van der Waals surface area contributed by atoms with E-state index in [0.717, 1.165) is 5.75 Å². The Hall–Kier alpha value is -0.830. The molecule has 1 atom stereocenters. The van der Waals surface area contributed by atoms with Crippen molar-refractivity contribution >= 4 is 17.4 Å². The number of rotatable bonds is 3. The lowest BCUT2D eigenvalue weighted by Gasteiger charge is -2.39. The van der Waals surface area contributed by atoms with Gasteiger partial charge in [0.05, 0.1) is 7.11 Å². The van der Waals surface area contributed by atoms with Crippen molar-refractivity contribution in [2.45, 2.75) is 33.2 Å². The van der Waals surface area contributed by atoms with E-state index in [9.17, 15) is 0 Å². The van der Waals surface area contributed by atoms with Crippen LogP contribution in [0.2, 0.25) is 0 Å². The Morgan fingerprint density at radius 1 is 1.39 bits per heavy atom. The molecule has 0 amide bonds. The van der Waals surface area contributed by atoms with E-state index in [1.807, 2.05) is 6.07 Å². The van der Waals surface area contributed by atoms with Crippen molar-refractivity contribution < 1.29 is 4.74 Å². The second kappa shape index (κ2) is 5.43. The van der Waals surface area contributed by atoms with E-state index in [4.69, 9.17) is 4.74 Å². The number of nitrogens with one attached hydrogen (secondary N) is 1. The summed E-state index contributed by atoms with van der Waals surface area (Å²) in [5.41, 5.74) is 2.86. The van der Waals surface area contributed by atoms with Crippen LogP contribution in [0.4, 0.5) is 5.69 Å². The topological polar surface area (TPSA) is 21.3 Å². The van der Waals surface area contributed by atoms with E-state index in [-0.39, 0.29) is 0 Å². The van der Waals surface area contributed by atoms with E-state index in [1.165, 1.54) is 29.2 Å². The third-order valence-corrected chi connectivity index (χ3v) is 4.94. The summed E-state index contributed by atoms with van der Waals surface area (Å²) in [6.07, 6.45) is 1.28. The van der Waals surface area contributed by atoms with Crippen LogP contribution < -0.4 is 10.1 Å². The molecule has 0 radical (unpaired) electrons. The first-order valence-corrected chi connectivity index (χ1v) is 7.67. The molecule has 0 saturated carbocycles. The molecule has 1 saturated heterocycles. The summed E-state index contributed by atoms with van der Waals surface area (Å²) in [6.45, 7) is 6.86. The molecule has 1 unspecified atom stereocenters. The van der Waals surface area contributed by atoms with E-state index < -0.39 is 0 Å². The Morgan fingerprint density at radius 2 is 2.17 bits per heavy atom. The van der Waals surface area contributed by atoms with Crippen molar-refractivity contribution in [1.82, 2.24) is 0 Å². The average molecular weight is 265 g/mol. The predicted molar refractivity (Wildman–Crippen MR) is 80.9 cm³/mol. The largest absolute Gasteiger partial charge is 0.497 e. The van der Waals surface area contributed by atoms with Crippen molar-refractivity contribution in [2.75, 3.05) is 23.9 Å². The van der Waals surface area contributed by atoms with Gasteiger partial charge < -0.3 is 10.1 Å². The molecule has 0 bridgehead atoms. The van der Waals surface area contributed by atoms with Crippen molar-refractivity contribution in [2.24, 2.45) is 5.41 Å². The molecular weight excluding hydrogens is 242 g/mol. The molecule has 2 rings (SSSR count). The van der Waals surface area contributed by atoms with Gasteiger partial charge in [-0.15, -0.1) is 0 Å². The Bertz CT molecular complexity index is 417. The van der Waals surface area contributed by atoms with Gasteiger partial charge in [-0.2, -0.15) is 11.8 Å². The molecule has 1 aromatic rings. The number of thioether (sulfide) groups is 1. The standard InChI is InChI=1S/C15H23NOS/c1-11-9-12(17-4)5-6-13(11)16-14-10-18-8-7-15(14,2)3/h5-6,9,14,16H,7-8,10H2,1-4H3. The number of ether oxygens (including phenoxy) is 1. The molecule has 0 aromatic heterocycles. The molecule has 1 heterocycles. The maximum atomic E-state index is 5.25. The van der Waals surface area contributed by atoms with Gasteiger partial charge in [-0.25, -0.2) is 0 Å². The third-order valence-electron chi connectivity index (χ3n) is 3.88. The van der Waals surface area contributed by atoms with Gasteiger partial charge in [0, 0.05) is 17.5 Å². The normalized spacial score (nSPS) is 22.6. The van der Waals surface area contributed by atoms with Crippen LogP contribution in [-0.4, -0.2) is 24.7 Å². The van der Waals surface area contributed by atoms with Crippen LogP contribution in [0, 0.1) is 12.3 Å². The average Bonchev–Trinajstić information content (AvgIpc) is 2.33. The van der Waals surface area contributed by atoms with Gasteiger partial charge in [0.15, 0.2) is 0 Å². The fourth-order valence-electron chi connectivity index (χ4n) is 2.29. The molecule has 18 heavy (non-hydrogen) atoms. The molecule has 3 heteroatoms. The quantitative estimate of drug-likeness (QED) is 0.894. The van der Waals surface area contributed by atoms with Crippen LogP contribution in [0.1, 0.15) is 25.8 Å². The smallest absolute Gasteiger partial charge is 0.119 e. The predicted octanol–water partition coefficient (Wildman–Crippen LogP) is 3.95. The number of hydrogen-bond acceptors (Lipinski definition) is 3. The summed E-state index contributed by atoms with van der Waals surface area (Å²) in [4.78, 5) is 0. The number of anilines is 1. The summed E-state index contributed by atoms with van der Waals surface area (Å²) < 4.78 is 5.25. The molecule has 1 fully saturated rings. The van der Waals surface area contributed by atoms with Gasteiger partial charge >= 0.3 is 0 Å². The number of methoxy groups -OCH3 is 1. The minimum Gasteiger partial charge on any atom is -0.497 e. The number of hydrogen-bond donors (Lipinski definition) is 1. The van der Waals surface area contributed by atoms with Crippen molar-refractivity contribution in [3.63, 3.8) is 0 Å². The lowest BCUT2D eigenvalue weighted by molar-refractivity contribution is 0.305. The van der Waals surface area contributed by atoms with Gasteiger partial charge in [-0.05, 0) is 48.3 Å². The zero-order valence-corrected chi connectivity index (χ0v) is 12.6. The molecule has 2 nitrogen and oxygen atoms in total. The van der Waals surface area contributed by atoms with Gasteiger partial charge in [-0.1, -0.05) is 13.8 Å². The highest BCUT2D eigenvalue weighted by Gasteiger charge is 2.32. The minimum absolute atomic E-state index is 0.373. The Kier molecular flexibility index (Phi) is 4.10. The summed E-state index contributed by atoms with van der Waals surface area (Å²) >= 11 is 2.05. The lowest BCUT2D eigenvalue weighted by Crippen LogP contribution is -2.41. The molecule has 1 aliphatic heterocycles. The van der Waals surface area contributed by atoms with Crippen molar-refractivity contribution in [1.29, 1.82) is 0 Å². The highest BCUT2D eigenvalue weighted by atomic mass is 32.2. The van der Waals surface area contributed by atoms with Gasteiger partial charge in [0.2, 0.25) is 0 Å². The summed E-state index contributed by atoms with van der Waals surface area (Å²) in [5, 5.41) is 3.71. The Labute approximate surface area is 114 Å². The second-order valence-corrected chi connectivity index (χ2v) is 6.84. The zero-order chi connectivity index (χ0) is 13.2. The summed E-state index contributed by atoms with van der Waals surface area (Å²) in [6, 6.07) is 6.79. The third kappa shape index (κ3) is 2.94. The monoisotopic (exact) mass is 265 g/mol. The molecule has 0 aliphatic carbocycles. The lowest BCUT2D eigenvalue weighted by atomic mass is 9.82. The fraction of sp³-hybridized carbons (Fsp3) is 0.600. The minimum atomic E-state index is 0.373. The van der Waals surface area contributed by atoms with E-state index in [1.54, 1.807) is 7.11 Å². The van der Waals surface area contributed by atoms with Crippen molar-refractivity contribution in [3.8, 4) is 5.75 Å². The maximum Gasteiger partial charge on any atom is 0.119 e. The SMILES string of the molecule is COc1ccc(NC2CSCCC2(C)C)c(C)c1. The highest BCUT2D eigenvalue weighted by Crippen LogP contribution is 2.36. The van der Waals surface area contributed by atoms with E-state index in [0.29, 0.717) is 11.5 Å². The zero-order valence-electron chi connectivity index (χ0n) is 11.7. The number of aryl methyl sites for hydroxylation is 1. The number of benzene rings is 1. The summed E-state index contributed by atoms with van der Waals surface area (Å²) in [5.74, 6) is 3.40. The van der Waals surface area contributed by atoms with E-state index >= 15 is 0 Å². The Balaban J connectivity index is 2.13. The highest BCUT2D eigenvalue weighted by molar-refractivity contribution is 7.99. The second-order valence-electron chi connectivity index (χ2n) is 5.69. The Morgan fingerprint density at radius 3 is 2.78 bits per heavy atom. The van der Waals surface area contributed by atoms with Crippen LogP contribution in [0.15, 0.2) is 18.2 Å². The van der Waals surface area contributed by atoms with Gasteiger partial charge in [0.25, 0.3) is 0 Å². The van der Waals surface area contributed by atoms with Crippen molar-refractivity contribution in [3.05, 3.63) is 23.8 Å². The molecule has 1 aliphatic rings. The molecule has 0 spiro atoms. The van der Waals surface area contributed by atoms with Crippen LogP contribution in [0.25, 0.3) is 0 Å². The molecule has 1 N–H and O–H groups in total. The van der Waals surface area contributed by atoms with Crippen LogP contribution in [0.3, 0.4) is 0 Å². The van der Waals surface area contributed by atoms with E-state index in [2.05, 4.69) is 50.0 Å². The van der Waals surface area contributed by atoms with Crippen LogP contribution in [-0.2, 0) is 0 Å². The molecule has 100 valence electrons. The maximum absolute atomic E-state index is 5.25. The van der Waals surface area contributed by atoms with Crippen LogP contribution in [0.5, 0.6) is 5.75 Å². The molecule has 1 aromatic carbocycles. The van der Waals surface area contributed by atoms with Gasteiger partial charge in [0.1, 0.15) is 5.75 Å². The first kappa shape index (κ1) is 13.6. The first-order valence-electron chi connectivity index (χ1n) is 6.52. The first-order chi connectivity index (χ1) is 8.53. The van der Waals surface area contributed by atoms with Gasteiger partial charge in [-0.3, -0.25) is 0 Å². The van der Waals surface area contributed by atoms with Crippen LogP contribution >= 0.6 is 11.8 Å². The molecular formula is C15H23NOS. The summed E-state index contributed by atoms with van der Waals surface area (Å²) in [7, 11) is 1.71. The fourth-order valence-corrected chi connectivity index (χ4v) is 3.89.